The lowest BCUT2D eigenvalue weighted by Gasteiger charge is -2.41. The van der Waals surface area contributed by atoms with Crippen LogP contribution in [0.1, 0.15) is 26.2 Å². The summed E-state index contributed by atoms with van der Waals surface area (Å²) < 4.78 is 0. The van der Waals surface area contributed by atoms with Crippen LogP contribution in [0.5, 0.6) is 0 Å². The highest BCUT2D eigenvalue weighted by molar-refractivity contribution is 8.07. The summed E-state index contributed by atoms with van der Waals surface area (Å²) in [6, 6.07) is 0.552. The summed E-state index contributed by atoms with van der Waals surface area (Å²) in [5.74, 6) is 9.16. The fraction of sp³-hybridized carbons (Fsp3) is 1.00. The molecule has 1 aliphatic carbocycles. The first-order valence-electron chi connectivity index (χ1n) is 5.52. The molecule has 14 heavy (non-hydrogen) atoms. The van der Waals surface area contributed by atoms with E-state index in [1.807, 2.05) is 0 Å². The van der Waals surface area contributed by atoms with E-state index in [1.54, 1.807) is 0 Å². The van der Waals surface area contributed by atoms with Gasteiger partial charge in [-0.3, -0.25) is 11.3 Å². The third kappa shape index (κ3) is 2.23. The van der Waals surface area contributed by atoms with Crippen molar-refractivity contribution < 1.29 is 0 Å². The highest BCUT2D eigenvalue weighted by Gasteiger charge is 2.37. The zero-order valence-corrected chi connectivity index (χ0v) is 10.4. The SMILES string of the molecule is CC1SCCSC1C(NN)C1CCC1. The maximum atomic E-state index is 5.70. The van der Waals surface area contributed by atoms with E-state index in [1.165, 1.54) is 30.8 Å². The number of hydrogen-bond donors (Lipinski definition) is 2. The molecule has 3 N–H and O–H groups in total. The maximum absolute atomic E-state index is 5.70. The Morgan fingerprint density at radius 1 is 1.29 bits per heavy atom. The average molecular weight is 232 g/mol. The van der Waals surface area contributed by atoms with Gasteiger partial charge in [0.1, 0.15) is 0 Å². The lowest BCUT2D eigenvalue weighted by atomic mass is 9.78. The first-order chi connectivity index (χ1) is 6.83. The van der Waals surface area contributed by atoms with Crippen molar-refractivity contribution in [3.8, 4) is 0 Å². The van der Waals surface area contributed by atoms with Crippen molar-refractivity contribution in [1.82, 2.24) is 5.43 Å². The van der Waals surface area contributed by atoms with Crippen LogP contribution in [0.3, 0.4) is 0 Å². The Labute approximate surface area is 95.1 Å². The molecule has 1 saturated heterocycles. The predicted octanol–water partition coefficient (Wildman–Crippen LogP) is 1.86. The van der Waals surface area contributed by atoms with E-state index in [2.05, 4.69) is 35.9 Å². The summed E-state index contributed by atoms with van der Waals surface area (Å²) in [6.45, 7) is 2.35. The van der Waals surface area contributed by atoms with Gasteiger partial charge in [-0.05, 0) is 18.8 Å². The summed E-state index contributed by atoms with van der Waals surface area (Å²) in [5, 5.41) is 1.49. The lowest BCUT2D eigenvalue weighted by Crippen LogP contribution is -2.53. The van der Waals surface area contributed by atoms with Crippen molar-refractivity contribution in [2.75, 3.05) is 11.5 Å². The van der Waals surface area contributed by atoms with Gasteiger partial charge in [0.2, 0.25) is 0 Å². The van der Waals surface area contributed by atoms with Crippen molar-refractivity contribution >= 4 is 23.5 Å². The quantitative estimate of drug-likeness (QED) is 0.575. The van der Waals surface area contributed by atoms with E-state index >= 15 is 0 Å². The van der Waals surface area contributed by atoms with Crippen LogP contribution >= 0.6 is 23.5 Å². The van der Waals surface area contributed by atoms with E-state index in [9.17, 15) is 0 Å². The first kappa shape index (κ1) is 11.1. The Kier molecular flexibility index (Phi) is 4.05. The minimum absolute atomic E-state index is 0.552. The van der Waals surface area contributed by atoms with Crippen LogP contribution in [0, 0.1) is 5.92 Å². The lowest BCUT2D eigenvalue weighted by molar-refractivity contribution is 0.225. The number of rotatable bonds is 3. The Morgan fingerprint density at radius 2 is 2.00 bits per heavy atom. The van der Waals surface area contributed by atoms with Crippen LogP contribution in [0.4, 0.5) is 0 Å². The molecule has 82 valence electrons. The molecule has 0 radical (unpaired) electrons. The van der Waals surface area contributed by atoms with Crippen LogP contribution in [0.15, 0.2) is 0 Å². The molecule has 2 fully saturated rings. The van der Waals surface area contributed by atoms with Gasteiger partial charge >= 0.3 is 0 Å². The van der Waals surface area contributed by atoms with Gasteiger partial charge in [-0.25, -0.2) is 0 Å². The highest BCUT2D eigenvalue weighted by atomic mass is 32.2. The highest BCUT2D eigenvalue weighted by Crippen LogP contribution is 2.39. The van der Waals surface area contributed by atoms with Gasteiger partial charge in [-0.15, -0.1) is 0 Å². The Morgan fingerprint density at radius 3 is 2.50 bits per heavy atom. The van der Waals surface area contributed by atoms with Gasteiger partial charge in [-0.1, -0.05) is 13.3 Å². The molecule has 2 rings (SSSR count). The molecule has 3 atom stereocenters. The first-order valence-corrected chi connectivity index (χ1v) is 7.62. The van der Waals surface area contributed by atoms with Crippen LogP contribution in [-0.2, 0) is 0 Å². The topological polar surface area (TPSA) is 38.0 Å². The van der Waals surface area contributed by atoms with Gasteiger partial charge in [0.05, 0.1) is 0 Å². The Hall–Kier alpha value is 0.620. The molecule has 1 heterocycles. The fourth-order valence-electron chi connectivity index (χ4n) is 2.34. The molecule has 4 heteroatoms. The van der Waals surface area contributed by atoms with Crippen LogP contribution in [0.2, 0.25) is 0 Å². The van der Waals surface area contributed by atoms with Gasteiger partial charge in [-0.2, -0.15) is 23.5 Å². The van der Waals surface area contributed by atoms with E-state index in [0.29, 0.717) is 6.04 Å². The minimum Gasteiger partial charge on any atom is -0.271 e. The largest absolute Gasteiger partial charge is 0.271 e. The number of hydrogen-bond acceptors (Lipinski definition) is 4. The molecule has 0 spiro atoms. The molecular formula is C10H20N2S2. The molecule has 2 aliphatic rings. The van der Waals surface area contributed by atoms with Crippen molar-refractivity contribution in [3.63, 3.8) is 0 Å². The molecule has 1 saturated carbocycles. The van der Waals surface area contributed by atoms with E-state index in [0.717, 1.165) is 16.4 Å². The third-order valence-corrected chi connectivity index (χ3v) is 6.66. The smallest absolute Gasteiger partial charge is 0.0368 e. The third-order valence-electron chi connectivity index (χ3n) is 3.44. The second-order valence-corrected chi connectivity index (χ2v) is 7.07. The van der Waals surface area contributed by atoms with Crippen molar-refractivity contribution in [2.45, 2.75) is 42.7 Å². The minimum atomic E-state index is 0.552. The van der Waals surface area contributed by atoms with E-state index in [-0.39, 0.29) is 0 Å². The van der Waals surface area contributed by atoms with E-state index < -0.39 is 0 Å². The van der Waals surface area contributed by atoms with Crippen LogP contribution in [0.25, 0.3) is 0 Å². The van der Waals surface area contributed by atoms with Crippen LogP contribution < -0.4 is 11.3 Å². The van der Waals surface area contributed by atoms with Gasteiger partial charge in [0, 0.05) is 28.0 Å². The molecule has 0 aromatic heterocycles. The molecule has 1 aliphatic heterocycles. The molecule has 3 unspecified atom stereocenters. The monoisotopic (exact) mass is 232 g/mol. The van der Waals surface area contributed by atoms with Gasteiger partial charge in [0.15, 0.2) is 0 Å². The number of nitrogens with one attached hydrogen (secondary N) is 1. The summed E-state index contributed by atoms with van der Waals surface area (Å²) in [5.41, 5.74) is 3.07. The number of nitrogens with two attached hydrogens (primary N) is 1. The zero-order chi connectivity index (χ0) is 9.97. The van der Waals surface area contributed by atoms with Crippen LogP contribution in [-0.4, -0.2) is 28.0 Å². The Balaban J connectivity index is 1.94. The molecule has 2 nitrogen and oxygen atoms in total. The van der Waals surface area contributed by atoms with Crippen molar-refractivity contribution in [3.05, 3.63) is 0 Å². The second-order valence-electron chi connectivity index (χ2n) is 4.29. The number of thioether (sulfide) groups is 2. The van der Waals surface area contributed by atoms with Crippen molar-refractivity contribution in [1.29, 1.82) is 0 Å². The van der Waals surface area contributed by atoms with Gasteiger partial charge in [0.25, 0.3) is 0 Å². The molecule has 0 bridgehead atoms. The molecular weight excluding hydrogens is 212 g/mol. The summed E-state index contributed by atoms with van der Waals surface area (Å²) in [6.07, 6.45) is 4.16. The fourth-order valence-corrected chi connectivity index (χ4v) is 5.37. The molecule has 0 aromatic carbocycles. The normalized spacial score (nSPS) is 36.4. The summed E-state index contributed by atoms with van der Waals surface area (Å²) in [4.78, 5) is 0. The van der Waals surface area contributed by atoms with Gasteiger partial charge < -0.3 is 0 Å². The Bertz CT molecular complexity index is 183. The summed E-state index contributed by atoms with van der Waals surface area (Å²) in [7, 11) is 0. The standard InChI is InChI=1S/C10H20N2S2/c1-7-10(14-6-5-13-7)9(12-11)8-3-2-4-8/h7-10,12H,2-6,11H2,1H3. The second kappa shape index (κ2) is 5.10. The van der Waals surface area contributed by atoms with E-state index in [4.69, 9.17) is 5.84 Å². The average Bonchev–Trinajstić information content (AvgIpc) is 2.12. The number of hydrazine groups is 1. The maximum Gasteiger partial charge on any atom is 0.0368 e. The zero-order valence-electron chi connectivity index (χ0n) is 8.74. The molecule has 0 aromatic rings. The van der Waals surface area contributed by atoms with Crippen molar-refractivity contribution in [2.24, 2.45) is 11.8 Å². The molecule has 0 amide bonds. The summed E-state index contributed by atoms with van der Waals surface area (Å²) >= 11 is 4.22. The predicted molar refractivity (Wildman–Crippen MR) is 66.6 cm³/mol.